The van der Waals surface area contributed by atoms with Gasteiger partial charge < -0.3 is 5.73 Å². The molecule has 0 spiro atoms. The first-order valence-electron chi connectivity index (χ1n) is 4.37. The van der Waals surface area contributed by atoms with Gasteiger partial charge in [-0.3, -0.25) is 10.1 Å². The van der Waals surface area contributed by atoms with Crippen LogP contribution in [-0.4, -0.2) is 41.1 Å². The normalized spacial score (nSPS) is 11.4. The summed E-state index contributed by atoms with van der Waals surface area (Å²) in [5.41, 5.74) is 5.03. The summed E-state index contributed by atoms with van der Waals surface area (Å²) in [6.45, 7) is 0. The quantitative estimate of drug-likeness (QED) is 0.347. The van der Waals surface area contributed by atoms with Gasteiger partial charge in [-0.2, -0.15) is 4.98 Å². The summed E-state index contributed by atoms with van der Waals surface area (Å²) < 4.78 is 21.8. The molecule has 8 nitrogen and oxygen atoms in total. The number of nitro groups is 1. The van der Waals surface area contributed by atoms with Crippen molar-refractivity contribution < 1.29 is 13.3 Å². The van der Waals surface area contributed by atoms with Gasteiger partial charge in [-0.25, -0.2) is 13.4 Å². The van der Waals surface area contributed by atoms with E-state index in [1.807, 2.05) is 0 Å². The third kappa shape index (κ3) is 4.53. The Morgan fingerprint density at radius 1 is 1.59 bits per heavy atom. The monoisotopic (exact) mass is 278 g/mol. The minimum absolute atomic E-state index is 0.0751. The molecule has 0 amide bonds. The number of hydrogen-bond donors (Lipinski definition) is 1. The molecule has 0 fully saturated rings. The van der Waals surface area contributed by atoms with Gasteiger partial charge in [-0.1, -0.05) is 11.8 Å². The van der Waals surface area contributed by atoms with Crippen LogP contribution < -0.4 is 5.73 Å². The molecule has 94 valence electrons. The lowest BCUT2D eigenvalue weighted by Crippen LogP contribution is -2.06. The Kier molecular flexibility index (Phi) is 4.23. The Bertz CT molecular complexity index is 531. The van der Waals surface area contributed by atoms with Gasteiger partial charge in [0, 0.05) is 12.0 Å². The highest BCUT2D eigenvalue weighted by molar-refractivity contribution is 8.00. The first kappa shape index (κ1) is 13.6. The van der Waals surface area contributed by atoms with Crippen molar-refractivity contribution >= 4 is 33.2 Å². The van der Waals surface area contributed by atoms with E-state index in [4.69, 9.17) is 5.73 Å². The number of nitrogens with zero attached hydrogens (tertiary/aromatic N) is 3. The molecule has 0 aliphatic rings. The summed E-state index contributed by atoms with van der Waals surface area (Å²) in [7, 11) is -3.10. The molecule has 1 rings (SSSR count). The number of anilines is 1. The summed E-state index contributed by atoms with van der Waals surface area (Å²) in [6.07, 6.45) is 2.10. The van der Waals surface area contributed by atoms with Gasteiger partial charge >= 0.3 is 5.69 Å². The Labute approximate surface area is 102 Å². The van der Waals surface area contributed by atoms with Crippen molar-refractivity contribution in [3.63, 3.8) is 0 Å². The van der Waals surface area contributed by atoms with E-state index in [2.05, 4.69) is 9.97 Å². The summed E-state index contributed by atoms with van der Waals surface area (Å²) in [5.74, 6) is 0.00643. The van der Waals surface area contributed by atoms with Gasteiger partial charge in [-0.05, 0) is 0 Å². The average Bonchev–Trinajstić information content (AvgIpc) is 2.15. The van der Waals surface area contributed by atoms with Crippen molar-refractivity contribution in [2.75, 3.05) is 23.5 Å². The Hall–Kier alpha value is -1.42. The molecule has 0 unspecified atom stereocenters. The van der Waals surface area contributed by atoms with Gasteiger partial charge in [0.25, 0.3) is 0 Å². The van der Waals surface area contributed by atoms with Gasteiger partial charge in [0.05, 0.1) is 10.7 Å². The standard InChI is InChI=1S/C7H10N4O4S2/c1-17(14,15)3-2-16-6-5(11(12)13)4-9-7(8)10-6/h4H,2-3H2,1H3,(H2,8,9,10). The predicted molar refractivity (Wildman–Crippen MR) is 63.5 cm³/mol. The number of sulfone groups is 1. The van der Waals surface area contributed by atoms with Gasteiger partial charge in [0.15, 0.2) is 5.03 Å². The molecule has 1 heterocycles. The fourth-order valence-corrected chi connectivity index (χ4v) is 3.06. The molecular weight excluding hydrogens is 268 g/mol. The fourth-order valence-electron chi connectivity index (χ4n) is 0.894. The fraction of sp³-hybridized carbons (Fsp3) is 0.429. The van der Waals surface area contributed by atoms with Gasteiger partial charge in [0.1, 0.15) is 16.0 Å². The molecule has 1 aromatic heterocycles. The first-order chi connectivity index (χ1) is 7.79. The van der Waals surface area contributed by atoms with E-state index in [-0.39, 0.29) is 28.2 Å². The number of hydrogen-bond acceptors (Lipinski definition) is 8. The maximum absolute atomic E-state index is 10.9. The second kappa shape index (κ2) is 5.27. The van der Waals surface area contributed by atoms with Gasteiger partial charge in [-0.15, -0.1) is 0 Å². The molecule has 0 atom stereocenters. The smallest absolute Gasteiger partial charge is 0.319 e. The molecule has 0 aliphatic heterocycles. The van der Waals surface area contributed by atoms with E-state index in [1.165, 1.54) is 0 Å². The van der Waals surface area contributed by atoms with Crippen LogP contribution in [0.2, 0.25) is 0 Å². The molecule has 2 N–H and O–H groups in total. The summed E-state index contributed by atoms with van der Waals surface area (Å²) in [4.78, 5) is 17.2. The van der Waals surface area contributed by atoms with Crippen molar-refractivity contribution in [1.82, 2.24) is 9.97 Å². The maximum Gasteiger partial charge on any atom is 0.319 e. The highest BCUT2D eigenvalue weighted by Crippen LogP contribution is 2.26. The average molecular weight is 278 g/mol. The van der Waals surface area contributed by atoms with Crippen molar-refractivity contribution in [3.8, 4) is 0 Å². The zero-order valence-corrected chi connectivity index (χ0v) is 10.5. The molecule has 0 saturated heterocycles. The second-order valence-corrected chi connectivity index (χ2v) is 6.50. The lowest BCUT2D eigenvalue weighted by atomic mass is 10.5. The first-order valence-corrected chi connectivity index (χ1v) is 7.41. The molecule has 17 heavy (non-hydrogen) atoms. The van der Waals surface area contributed by atoms with Crippen LogP contribution in [0.25, 0.3) is 0 Å². The number of rotatable bonds is 5. The van der Waals surface area contributed by atoms with E-state index in [0.29, 0.717) is 0 Å². The summed E-state index contributed by atoms with van der Waals surface area (Å²) >= 11 is 0.964. The van der Waals surface area contributed by atoms with Crippen LogP contribution >= 0.6 is 11.8 Å². The summed E-state index contributed by atoms with van der Waals surface area (Å²) in [6, 6.07) is 0. The Morgan fingerprint density at radius 2 is 2.24 bits per heavy atom. The Morgan fingerprint density at radius 3 is 2.76 bits per heavy atom. The number of aromatic nitrogens is 2. The summed E-state index contributed by atoms with van der Waals surface area (Å²) in [5, 5.41) is 10.7. The third-order valence-electron chi connectivity index (χ3n) is 1.64. The highest BCUT2D eigenvalue weighted by Gasteiger charge is 2.17. The zero-order valence-electron chi connectivity index (χ0n) is 8.86. The van der Waals surface area contributed by atoms with Crippen LogP contribution in [0, 0.1) is 10.1 Å². The topological polar surface area (TPSA) is 129 Å². The van der Waals surface area contributed by atoms with Crippen molar-refractivity contribution in [2.24, 2.45) is 0 Å². The minimum atomic E-state index is -3.10. The van der Waals surface area contributed by atoms with Crippen LogP contribution in [0.5, 0.6) is 0 Å². The molecule has 0 saturated carbocycles. The van der Waals surface area contributed by atoms with E-state index < -0.39 is 14.8 Å². The zero-order chi connectivity index (χ0) is 13.1. The number of thioether (sulfide) groups is 1. The molecule has 0 aromatic carbocycles. The third-order valence-corrected chi connectivity index (χ3v) is 3.83. The molecule has 0 aliphatic carbocycles. The number of nitrogens with two attached hydrogens (primary N) is 1. The highest BCUT2D eigenvalue weighted by atomic mass is 32.2. The molecular formula is C7H10N4O4S2. The van der Waals surface area contributed by atoms with Crippen molar-refractivity contribution in [2.45, 2.75) is 5.03 Å². The van der Waals surface area contributed by atoms with Crippen molar-refractivity contribution in [3.05, 3.63) is 16.3 Å². The predicted octanol–water partition coefficient (Wildman–Crippen LogP) is 0.104. The lowest BCUT2D eigenvalue weighted by molar-refractivity contribution is -0.388. The van der Waals surface area contributed by atoms with E-state index in [1.54, 1.807) is 0 Å². The maximum atomic E-state index is 10.9. The number of nitrogen functional groups attached to an aromatic ring is 1. The molecule has 0 radical (unpaired) electrons. The molecule has 0 bridgehead atoms. The minimum Gasteiger partial charge on any atom is -0.368 e. The molecule has 10 heteroatoms. The van der Waals surface area contributed by atoms with Crippen LogP contribution in [0.4, 0.5) is 11.6 Å². The lowest BCUT2D eigenvalue weighted by Gasteiger charge is -2.01. The second-order valence-electron chi connectivity index (χ2n) is 3.15. The van der Waals surface area contributed by atoms with E-state index in [9.17, 15) is 18.5 Å². The van der Waals surface area contributed by atoms with E-state index >= 15 is 0 Å². The van der Waals surface area contributed by atoms with Crippen molar-refractivity contribution in [1.29, 1.82) is 0 Å². The van der Waals surface area contributed by atoms with Crippen LogP contribution in [0.15, 0.2) is 11.2 Å². The van der Waals surface area contributed by atoms with Gasteiger partial charge in [0.2, 0.25) is 5.95 Å². The van der Waals surface area contributed by atoms with E-state index in [0.717, 1.165) is 24.2 Å². The van der Waals surface area contributed by atoms with Crippen LogP contribution in [0.1, 0.15) is 0 Å². The van der Waals surface area contributed by atoms with Crippen LogP contribution in [-0.2, 0) is 9.84 Å². The SMILES string of the molecule is CS(=O)(=O)CCSc1nc(N)ncc1[N+](=O)[O-]. The van der Waals surface area contributed by atoms with Crippen LogP contribution in [0.3, 0.4) is 0 Å². The largest absolute Gasteiger partial charge is 0.368 e. The Balaban J connectivity index is 2.82. The molecule has 1 aromatic rings.